The van der Waals surface area contributed by atoms with Crippen LogP contribution in [0.5, 0.6) is 5.75 Å². The highest BCUT2D eigenvalue weighted by Crippen LogP contribution is 2.18. The number of quaternary nitrogens is 1. The molecule has 1 aliphatic rings. The zero-order valence-corrected chi connectivity index (χ0v) is 12.1. The monoisotopic (exact) mass is 264 g/mol. The summed E-state index contributed by atoms with van der Waals surface area (Å²) in [6, 6.07) is 9.03. The highest BCUT2D eigenvalue weighted by molar-refractivity contribution is 5.27. The number of ether oxygens (including phenoxy) is 2. The molecule has 0 radical (unpaired) electrons. The highest BCUT2D eigenvalue weighted by Gasteiger charge is 2.27. The summed E-state index contributed by atoms with van der Waals surface area (Å²) in [5.41, 5.74) is 1.38. The second-order valence-corrected chi connectivity index (χ2v) is 5.34. The van der Waals surface area contributed by atoms with Crippen molar-refractivity contribution in [3.8, 4) is 5.75 Å². The fraction of sp³-hybridized carbons (Fsp3) is 0.625. The Morgan fingerprint density at radius 3 is 2.53 bits per heavy atom. The lowest BCUT2D eigenvalue weighted by Gasteiger charge is -2.28. The van der Waals surface area contributed by atoms with Gasteiger partial charge in [-0.15, -0.1) is 0 Å². The van der Waals surface area contributed by atoms with Crippen molar-refractivity contribution >= 4 is 0 Å². The van der Waals surface area contributed by atoms with Gasteiger partial charge in [0.25, 0.3) is 0 Å². The van der Waals surface area contributed by atoms with E-state index >= 15 is 0 Å². The molecule has 2 rings (SSSR count). The topological polar surface area (TPSA) is 35.1 Å². The molecule has 0 aliphatic heterocycles. The van der Waals surface area contributed by atoms with Crippen LogP contribution in [0.15, 0.2) is 24.3 Å². The average molecular weight is 264 g/mol. The van der Waals surface area contributed by atoms with Crippen molar-refractivity contribution < 1.29 is 14.8 Å². The van der Waals surface area contributed by atoms with E-state index in [2.05, 4.69) is 17.4 Å². The summed E-state index contributed by atoms with van der Waals surface area (Å²) < 4.78 is 10.8. The van der Waals surface area contributed by atoms with Crippen LogP contribution in [0.4, 0.5) is 0 Å². The van der Waals surface area contributed by atoms with E-state index in [-0.39, 0.29) is 0 Å². The molecular weight excluding hydrogens is 238 g/mol. The number of methoxy groups -OCH3 is 2. The van der Waals surface area contributed by atoms with Crippen LogP contribution < -0.4 is 10.1 Å². The summed E-state index contributed by atoms with van der Waals surface area (Å²) in [6.07, 6.45) is 6.74. The van der Waals surface area contributed by atoms with Crippen LogP contribution in [0.1, 0.15) is 31.2 Å². The van der Waals surface area contributed by atoms with Crippen LogP contribution in [-0.2, 0) is 11.2 Å². The first-order valence-electron chi connectivity index (χ1n) is 7.32. The SMILES string of the molecule is COc1ccc(CC[NH2+][C@H]2CCCC[C@H]2OC)cc1. The molecule has 0 saturated heterocycles. The second kappa shape index (κ2) is 7.51. The Bertz CT molecular complexity index is 364. The third kappa shape index (κ3) is 4.22. The molecule has 106 valence electrons. The molecule has 0 heterocycles. The summed E-state index contributed by atoms with van der Waals surface area (Å²) in [6.45, 7) is 1.14. The number of rotatable bonds is 6. The molecule has 0 aromatic heterocycles. The van der Waals surface area contributed by atoms with Gasteiger partial charge >= 0.3 is 0 Å². The summed E-state index contributed by atoms with van der Waals surface area (Å²) in [7, 11) is 3.55. The number of nitrogens with two attached hydrogens (primary N) is 1. The van der Waals surface area contributed by atoms with Crippen molar-refractivity contribution in [3.63, 3.8) is 0 Å². The van der Waals surface area contributed by atoms with Crippen molar-refractivity contribution in [3.05, 3.63) is 29.8 Å². The first kappa shape index (κ1) is 14.4. The van der Waals surface area contributed by atoms with E-state index in [0.29, 0.717) is 12.1 Å². The quantitative estimate of drug-likeness (QED) is 0.849. The van der Waals surface area contributed by atoms with Crippen molar-refractivity contribution in [2.75, 3.05) is 20.8 Å². The van der Waals surface area contributed by atoms with Gasteiger partial charge in [-0.25, -0.2) is 0 Å². The van der Waals surface area contributed by atoms with Crippen LogP contribution in [0.3, 0.4) is 0 Å². The van der Waals surface area contributed by atoms with Gasteiger partial charge in [-0.2, -0.15) is 0 Å². The zero-order chi connectivity index (χ0) is 13.5. The minimum absolute atomic E-state index is 0.449. The standard InChI is InChI=1S/C16H25NO2/c1-18-14-9-7-13(8-10-14)11-12-17-15-5-3-4-6-16(15)19-2/h7-10,15-17H,3-6,11-12H2,1-2H3/p+1/t15-,16+/m0/s1. The molecule has 0 unspecified atom stereocenters. The van der Waals surface area contributed by atoms with Crippen molar-refractivity contribution in [2.24, 2.45) is 0 Å². The van der Waals surface area contributed by atoms with Crippen molar-refractivity contribution in [1.82, 2.24) is 0 Å². The largest absolute Gasteiger partial charge is 0.497 e. The third-order valence-corrected chi connectivity index (χ3v) is 4.12. The Hall–Kier alpha value is -1.06. The summed E-state index contributed by atoms with van der Waals surface area (Å²) in [5.74, 6) is 0.930. The van der Waals surface area contributed by atoms with Crippen LogP contribution in [0.2, 0.25) is 0 Å². The van der Waals surface area contributed by atoms with Crippen molar-refractivity contribution in [1.29, 1.82) is 0 Å². The van der Waals surface area contributed by atoms with E-state index in [4.69, 9.17) is 9.47 Å². The van der Waals surface area contributed by atoms with E-state index in [9.17, 15) is 0 Å². The van der Waals surface area contributed by atoms with Gasteiger partial charge in [0.15, 0.2) is 0 Å². The minimum atomic E-state index is 0.449. The molecule has 0 amide bonds. The van der Waals surface area contributed by atoms with Gasteiger partial charge in [0.2, 0.25) is 0 Å². The van der Waals surface area contributed by atoms with E-state index in [1.165, 1.54) is 31.2 Å². The average Bonchev–Trinajstić information content (AvgIpc) is 2.48. The van der Waals surface area contributed by atoms with Gasteiger partial charge in [-0.1, -0.05) is 18.6 Å². The molecule has 1 aromatic rings. The summed E-state index contributed by atoms with van der Waals surface area (Å²) in [5, 5.41) is 2.47. The molecule has 0 bridgehead atoms. The smallest absolute Gasteiger partial charge is 0.118 e. The maximum atomic E-state index is 5.59. The first-order valence-corrected chi connectivity index (χ1v) is 7.32. The minimum Gasteiger partial charge on any atom is -0.497 e. The maximum absolute atomic E-state index is 5.59. The van der Waals surface area contributed by atoms with Crippen LogP contribution in [0.25, 0.3) is 0 Å². The van der Waals surface area contributed by atoms with E-state index in [1.807, 2.05) is 19.2 Å². The maximum Gasteiger partial charge on any atom is 0.118 e. The number of hydrogen-bond donors (Lipinski definition) is 1. The van der Waals surface area contributed by atoms with Gasteiger partial charge in [0.1, 0.15) is 17.9 Å². The lowest BCUT2D eigenvalue weighted by molar-refractivity contribution is -0.698. The van der Waals surface area contributed by atoms with Gasteiger partial charge in [-0.05, 0) is 30.5 Å². The Kier molecular flexibility index (Phi) is 5.67. The predicted octanol–water partition coefficient (Wildman–Crippen LogP) is 1.76. The fourth-order valence-electron chi connectivity index (χ4n) is 2.94. The van der Waals surface area contributed by atoms with Gasteiger partial charge in [-0.3, -0.25) is 0 Å². The molecule has 2 atom stereocenters. The lowest BCUT2D eigenvalue weighted by Crippen LogP contribution is -2.93. The van der Waals surface area contributed by atoms with E-state index < -0.39 is 0 Å². The van der Waals surface area contributed by atoms with Crippen LogP contribution in [0, 0.1) is 0 Å². The number of hydrogen-bond acceptors (Lipinski definition) is 2. The Morgan fingerprint density at radius 1 is 1.11 bits per heavy atom. The normalized spacial score (nSPS) is 23.3. The molecule has 1 aromatic carbocycles. The molecule has 1 fully saturated rings. The second-order valence-electron chi connectivity index (χ2n) is 5.34. The highest BCUT2D eigenvalue weighted by atomic mass is 16.5. The van der Waals surface area contributed by atoms with Crippen molar-refractivity contribution in [2.45, 2.75) is 44.2 Å². The molecule has 3 heteroatoms. The zero-order valence-electron chi connectivity index (χ0n) is 12.1. The Labute approximate surface area is 116 Å². The van der Waals surface area contributed by atoms with Gasteiger partial charge in [0, 0.05) is 20.0 Å². The molecule has 1 aliphatic carbocycles. The molecular formula is C16H26NO2+. The molecule has 0 spiro atoms. The summed E-state index contributed by atoms with van der Waals surface area (Å²) >= 11 is 0. The van der Waals surface area contributed by atoms with Gasteiger partial charge < -0.3 is 14.8 Å². The lowest BCUT2D eigenvalue weighted by atomic mass is 9.92. The Balaban J connectivity index is 1.75. The fourth-order valence-corrected chi connectivity index (χ4v) is 2.94. The summed E-state index contributed by atoms with van der Waals surface area (Å²) in [4.78, 5) is 0. The van der Waals surface area contributed by atoms with Gasteiger partial charge in [0.05, 0.1) is 13.7 Å². The molecule has 1 saturated carbocycles. The van der Waals surface area contributed by atoms with Crippen LogP contribution >= 0.6 is 0 Å². The predicted molar refractivity (Wildman–Crippen MR) is 76.5 cm³/mol. The third-order valence-electron chi connectivity index (χ3n) is 4.12. The van der Waals surface area contributed by atoms with Crippen LogP contribution in [-0.4, -0.2) is 32.9 Å². The van der Waals surface area contributed by atoms with E-state index in [1.54, 1.807) is 7.11 Å². The number of benzene rings is 1. The van der Waals surface area contributed by atoms with E-state index in [0.717, 1.165) is 18.7 Å². The Morgan fingerprint density at radius 2 is 1.84 bits per heavy atom. The molecule has 19 heavy (non-hydrogen) atoms. The molecule has 3 nitrogen and oxygen atoms in total. The first-order chi connectivity index (χ1) is 9.33. The molecule has 2 N–H and O–H groups in total.